The van der Waals surface area contributed by atoms with E-state index < -0.39 is 0 Å². The molecule has 1 atom stereocenters. The smallest absolute Gasteiger partial charge is 0.261 e. The summed E-state index contributed by atoms with van der Waals surface area (Å²) in [5.74, 6) is 0.792. The topological polar surface area (TPSA) is 49.3 Å². The SMILES string of the molecule is CCC1CCc2sc(C(=O)NC3(CO)CCCC3)cc2C1. The summed E-state index contributed by atoms with van der Waals surface area (Å²) in [4.78, 5) is 14.7. The lowest BCUT2D eigenvalue weighted by Crippen LogP contribution is -2.49. The molecule has 3 nitrogen and oxygen atoms in total. The quantitative estimate of drug-likeness (QED) is 0.896. The van der Waals surface area contributed by atoms with Crippen LogP contribution in [0.5, 0.6) is 0 Å². The standard InChI is InChI=1S/C17H25NO2S/c1-2-12-5-6-14-13(9-12)10-15(21-14)16(20)18-17(11-19)7-3-4-8-17/h10,12,19H,2-9,11H2,1H3,(H,18,20). The number of hydrogen-bond acceptors (Lipinski definition) is 3. The van der Waals surface area contributed by atoms with Gasteiger partial charge in [-0.2, -0.15) is 0 Å². The molecule has 0 aromatic carbocycles. The number of carbonyl (C=O) groups is 1. The fourth-order valence-corrected chi connectivity index (χ4v) is 4.84. The minimum absolute atomic E-state index is 0.0124. The van der Waals surface area contributed by atoms with Crippen LogP contribution in [0.2, 0.25) is 0 Å². The number of aliphatic hydroxyl groups is 1. The van der Waals surface area contributed by atoms with Gasteiger partial charge >= 0.3 is 0 Å². The van der Waals surface area contributed by atoms with Gasteiger partial charge in [-0.25, -0.2) is 0 Å². The first-order valence-electron chi connectivity index (χ1n) is 8.21. The molecule has 1 fully saturated rings. The highest BCUT2D eigenvalue weighted by Gasteiger charge is 2.35. The van der Waals surface area contributed by atoms with E-state index in [1.807, 2.05) is 0 Å². The predicted molar refractivity (Wildman–Crippen MR) is 85.9 cm³/mol. The lowest BCUT2D eigenvalue weighted by molar-refractivity contribution is 0.0842. The molecule has 21 heavy (non-hydrogen) atoms. The highest BCUT2D eigenvalue weighted by atomic mass is 32.1. The van der Waals surface area contributed by atoms with Crippen LogP contribution in [-0.4, -0.2) is 23.2 Å². The third-order valence-corrected chi connectivity index (χ3v) is 6.46. The van der Waals surface area contributed by atoms with E-state index >= 15 is 0 Å². The zero-order chi connectivity index (χ0) is 14.9. The van der Waals surface area contributed by atoms with Gasteiger partial charge in [0.2, 0.25) is 0 Å². The van der Waals surface area contributed by atoms with Crippen LogP contribution in [0.1, 0.15) is 65.6 Å². The highest BCUT2D eigenvalue weighted by molar-refractivity contribution is 7.14. The summed E-state index contributed by atoms with van der Waals surface area (Å²) in [6, 6.07) is 2.09. The van der Waals surface area contributed by atoms with Crippen molar-refractivity contribution in [3.05, 3.63) is 21.4 Å². The molecule has 0 bridgehead atoms. The Morgan fingerprint density at radius 3 is 2.90 bits per heavy atom. The van der Waals surface area contributed by atoms with Crippen molar-refractivity contribution >= 4 is 17.2 Å². The van der Waals surface area contributed by atoms with Crippen molar-refractivity contribution in [2.75, 3.05) is 6.61 Å². The second-order valence-electron chi connectivity index (χ2n) is 6.68. The third kappa shape index (κ3) is 3.02. The van der Waals surface area contributed by atoms with Crippen LogP contribution in [-0.2, 0) is 12.8 Å². The Hall–Kier alpha value is -0.870. The van der Waals surface area contributed by atoms with Crippen LogP contribution in [0.15, 0.2) is 6.07 Å². The number of aliphatic hydroxyl groups excluding tert-OH is 1. The maximum atomic E-state index is 12.5. The molecular weight excluding hydrogens is 282 g/mol. The average molecular weight is 307 g/mol. The monoisotopic (exact) mass is 307 g/mol. The Labute approximate surface area is 130 Å². The summed E-state index contributed by atoms with van der Waals surface area (Å²) < 4.78 is 0. The Kier molecular flexibility index (Phi) is 4.36. The Bertz CT molecular complexity index is 517. The van der Waals surface area contributed by atoms with Gasteiger partial charge in [-0.1, -0.05) is 26.2 Å². The van der Waals surface area contributed by atoms with Gasteiger partial charge in [0.25, 0.3) is 5.91 Å². The Balaban J connectivity index is 1.72. The maximum Gasteiger partial charge on any atom is 0.261 e. The number of aryl methyl sites for hydroxylation is 1. The molecule has 0 saturated heterocycles. The molecule has 1 saturated carbocycles. The highest BCUT2D eigenvalue weighted by Crippen LogP contribution is 2.34. The summed E-state index contributed by atoms with van der Waals surface area (Å²) in [6.45, 7) is 2.31. The molecule has 1 unspecified atom stereocenters. The van der Waals surface area contributed by atoms with Crippen molar-refractivity contribution in [2.45, 2.75) is 63.8 Å². The van der Waals surface area contributed by atoms with Crippen LogP contribution < -0.4 is 5.32 Å². The molecule has 2 aliphatic carbocycles. The molecule has 3 rings (SSSR count). The fourth-order valence-electron chi connectivity index (χ4n) is 3.74. The van der Waals surface area contributed by atoms with E-state index in [1.54, 1.807) is 11.3 Å². The van der Waals surface area contributed by atoms with Crippen LogP contribution in [0.25, 0.3) is 0 Å². The molecule has 1 aromatic rings. The van der Waals surface area contributed by atoms with E-state index in [4.69, 9.17) is 0 Å². The van der Waals surface area contributed by atoms with Gasteiger partial charge in [-0.3, -0.25) is 4.79 Å². The lowest BCUT2D eigenvalue weighted by atomic mass is 9.87. The molecular formula is C17H25NO2S. The first-order valence-corrected chi connectivity index (χ1v) is 9.02. The Morgan fingerprint density at radius 1 is 1.48 bits per heavy atom. The number of nitrogens with one attached hydrogen (secondary N) is 1. The minimum Gasteiger partial charge on any atom is -0.394 e. The first-order chi connectivity index (χ1) is 10.2. The van der Waals surface area contributed by atoms with E-state index in [0.29, 0.717) is 0 Å². The zero-order valence-electron chi connectivity index (χ0n) is 12.8. The van der Waals surface area contributed by atoms with E-state index in [0.717, 1.165) is 49.3 Å². The first kappa shape index (κ1) is 15.0. The zero-order valence-corrected chi connectivity index (χ0v) is 13.6. The lowest BCUT2D eigenvalue weighted by Gasteiger charge is -2.27. The number of hydrogen-bond donors (Lipinski definition) is 2. The summed E-state index contributed by atoms with van der Waals surface area (Å²) in [5.41, 5.74) is 1.01. The molecule has 116 valence electrons. The number of thiophene rings is 1. The van der Waals surface area contributed by atoms with E-state index in [-0.39, 0.29) is 18.1 Å². The van der Waals surface area contributed by atoms with Crippen molar-refractivity contribution < 1.29 is 9.90 Å². The van der Waals surface area contributed by atoms with Gasteiger partial charge in [-0.15, -0.1) is 11.3 Å². The number of carbonyl (C=O) groups excluding carboxylic acids is 1. The van der Waals surface area contributed by atoms with Crippen molar-refractivity contribution in [2.24, 2.45) is 5.92 Å². The van der Waals surface area contributed by atoms with Gasteiger partial charge in [0.05, 0.1) is 17.0 Å². The molecule has 1 heterocycles. The molecule has 4 heteroatoms. The Morgan fingerprint density at radius 2 is 2.24 bits per heavy atom. The van der Waals surface area contributed by atoms with Gasteiger partial charge < -0.3 is 10.4 Å². The minimum atomic E-state index is -0.368. The average Bonchev–Trinajstić information content (AvgIpc) is 3.13. The van der Waals surface area contributed by atoms with Crippen molar-refractivity contribution in [3.63, 3.8) is 0 Å². The number of rotatable bonds is 4. The summed E-state index contributed by atoms with van der Waals surface area (Å²) in [6.07, 6.45) is 8.73. The van der Waals surface area contributed by atoms with Crippen LogP contribution in [0, 0.1) is 5.92 Å². The molecule has 2 N–H and O–H groups in total. The number of amides is 1. The molecule has 0 spiro atoms. The summed E-state index contributed by atoms with van der Waals surface area (Å²) >= 11 is 1.65. The summed E-state index contributed by atoms with van der Waals surface area (Å²) in [7, 11) is 0. The maximum absolute atomic E-state index is 12.5. The third-order valence-electron chi connectivity index (χ3n) is 5.23. The normalized spacial score (nSPS) is 23.8. The largest absolute Gasteiger partial charge is 0.394 e. The second kappa shape index (κ2) is 6.09. The van der Waals surface area contributed by atoms with Gasteiger partial charge in [0.1, 0.15) is 0 Å². The van der Waals surface area contributed by atoms with Crippen molar-refractivity contribution in [1.29, 1.82) is 0 Å². The molecule has 1 amide bonds. The van der Waals surface area contributed by atoms with Gasteiger partial charge in [-0.05, 0) is 49.7 Å². The van der Waals surface area contributed by atoms with Crippen LogP contribution in [0.4, 0.5) is 0 Å². The molecule has 0 radical (unpaired) electrons. The number of fused-ring (bicyclic) bond motifs is 1. The molecule has 2 aliphatic rings. The van der Waals surface area contributed by atoms with E-state index in [2.05, 4.69) is 18.3 Å². The summed E-state index contributed by atoms with van der Waals surface area (Å²) in [5, 5.41) is 12.7. The second-order valence-corrected chi connectivity index (χ2v) is 7.81. The van der Waals surface area contributed by atoms with Crippen LogP contribution in [0.3, 0.4) is 0 Å². The van der Waals surface area contributed by atoms with Crippen LogP contribution >= 0.6 is 11.3 Å². The van der Waals surface area contributed by atoms with Gasteiger partial charge in [0.15, 0.2) is 0 Å². The van der Waals surface area contributed by atoms with E-state index in [9.17, 15) is 9.90 Å². The van der Waals surface area contributed by atoms with E-state index in [1.165, 1.54) is 23.3 Å². The fraction of sp³-hybridized carbons (Fsp3) is 0.706. The predicted octanol–water partition coefficient (Wildman–Crippen LogP) is 3.30. The van der Waals surface area contributed by atoms with Crippen molar-refractivity contribution in [3.8, 4) is 0 Å². The van der Waals surface area contributed by atoms with Crippen molar-refractivity contribution in [1.82, 2.24) is 5.32 Å². The molecule has 0 aliphatic heterocycles. The molecule has 1 aromatic heterocycles. The van der Waals surface area contributed by atoms with Gasteiger partial charge in [0, 0.05) is 4.88 Å².